The minimum atomic E-state index is 0.844. The SMILES string of the molecule is c1ccc(-n2c3ccc(-c4cccc(-c5ccc(N(c6ccc7c(c6)oc6ccccc67)c6ccc7c(c6)oc6ccccc67)cc5)c4)cc3c3cc4c(ccc5c6ccccc6oc45)cc32)cc1. The van der Waals surface area contributed by atoms with Gasteiger partial charge in [-0.15, -0.1) is 0 Å². The van der Waals surface area contributed by atoms with E-state index in [1.807, 2.05) is 30.3 Å². The van der Waals surface area contributed by atoms with Gasteiger partial charge in [0.1, 0.15) is 33.5 Å². The summed E-state index contributed by atoms with van der Waals surface area (Å²) in [6, 6.07) is 82.2. The van der Waals surface area contributed by atoms with Crippen LogP contribution in [-0.4, -0.2) is 4.57 Å². The highest BCUT2D eigenvalue weighted by molar-refractivity contribution is 6.21. The average molecular weight is 883 g/mol. The number of furan rings is 3. The van der Waals surface area contributed by atoms with Crippen LogP contribution in [0, 0.1) is 0 Å². The van der Waals surface area contributed by atoms with Crippen LogP contribution < -0.4 is 4.90 Å². The highest BCUT2D eigenvalue weighted by Crippen LogP contribution is 2.44. The number of nitrogens with zero attached hydrogens (tertiary/aromatic N) is 2. The Morgan fingerprint density at radius 1 is 0.275 bits per heavy atom. The fraction of sp³-hybridized carbons (Fsp3) is 0. The predicted molar refractivity (Wildman–Crippen MR) is 286 cm³/mol. The van der Waals surface area contributed by atoms with E-state index in [-0.39, 0.29) is 0 Å². The number of anilines is 3. The fourth-order valence-electron chi connectivity index (χ4n) is 10.9. The first-order valence-electron chi connectivity index (χ1n) is 23.4. The summed E-state index contributed by atoms with van der Waals surface area (Å²) in [7, 11) is 0. The zero-order valence-electron chi connectivity index (χ0n) is 37.1. The molecule has 0 atom stereocenters. The van der Waals surface area contributed by atoms with Crippen LogP contribution in [0.25, 0.3) is 126 Å². The Kier molecular flexibility index (Phi) is 8.00. The van der Waals surface area contributed by atoms with Crippen molar-refractivity contribution in [3.05, 3.63) is 231 Å². The van der Waals surface area contributed by atoms with Crippen LogP contribution >= 0.6 is 0 Å². The van der Waals surface area contributed by atoms with Crippen molar-refractivity contribution in [2.75, 3.05) is 4.90 Å². The number of rotatable bonds is 6. The predicted octanol–water partition coefficient (Wildman–Crippen LogP) is 18.4. The Hall–Kier alpha value is -9.32. The van der Waals surface area contributed by atoms with Crippen LogP contribution in [0.2, 0.25) is 0 Å². The van der Waals surface area contributed by atoms with Crippen LogP contribution in [-0.2, 0) is 0 Å². The second-order valence-electron chi connectivity index (χ2n) is 18.1. The van der Waals surface area contributed by atoms with E-state index in [1.54, 1.807) is 0 Å². The van der Waals surface area contributed by atoms with Gasteiger partial charge in [-0.2, -0.15) is 0 Å². The zero-order chi connectivity index (χ0) is 45.2. The molecule has 4 aromatic heterocycles. The molecule has 11 aromatic carbocycles. The van der Waals surface area contributed by atoms with E-state index in [1.165, 1.54) is 10.8 Å². The van der Waals surface area contributed by atoms with Gasteiger partial charge in [-0.05, 0) is 131 Å². The van der Waals surface area contributed by atoms with Gasteiger partial charge in [-0.3, -0.25) is 0 Å². The van der Waals surface area contributed by atoms with Crippen molar-refractivity contribution in [2.24, 2.45) is 0 Å². The van der Waals surface area contributed by atoms with Crippen LogP contribution in [0.4, 0.5) is 17.1 Å². The Morgan fingerprint density at radius 2 is 0.797 bits per heavy atom. The fourth-order valence-corrected chi connectivity index (χ4v) is 10.9. The molecule has 0 radical (unpaired) electrons. The second-order valence-corrected chi connectivity index (χ2v) is 18.1. The Morgan fingerprint density at radius 3 is 1.48 bits per heavy atom. The minimum absolute atomic E-state index is 0.844. The molecule has 0 aliphatic carbocycles. The van der Waals surface area contributed by atoms with E-state index in [0.29, 0.717) is 0 Å². The number of fused-ring (bicyclic) bond motifs is 14. The van der Waals surface area contributed by atoms with Crippen molar-refractivity contribution in [1.82, 2.24) is 4.57 Å². The molecule has 0 N–H and O–H groups in total. The van der Waals surface area contributed by atoms with Gasteiger partial charge in [0.15, 0.2) is 0 Å². The second kappa shape index (κ2) is 14.6. The highest BCUT2D eigenvalue weighted by Gasteiger charge is 2.20. The topological polar surface area (TPSA) is 47.6 Å². The van der Waals surface area contributed by atoms with E-state index in [4.69, 9.17) is 13.3 Å². The molecular formula is C64H38N2O3. The van der Waals surface area contributed by atoms with Crippen molar-refractivity contribution in [3.8, 4) is 27.9 Å². The maximum absolute atomic E-state index is 6.57. The first kappa shape index (κ1) is 37.9. The van der Waals surface area contributed by atoms with Gasteiger partial charge in [-0.1, -0.05) is 115 Å². The van der Waals surface area contributed by atoms with Gasteiger partial charge in [0.25, 0.3) is 0 Å². The summed E-state index contributed by atoms with van der Waals surface area (Å²) in [5.41, 5.74) is 16.3. The molecule has 0 spiro atoms. The highest BCUT2D eigenvalue weighted by atomic mass is 16.3. The lowest BCUT2D eigenvalue weighted by Crippen LogP contribution is -2.09. The van der Waals surface area contributed by atoms with Crippen LogP contribution in [0.1, 0.15) is 0 Å². The normalized spacial score (nSPS) is 12.1. The molecule has 69 heavy (non-hydrogen) atoms. The largest absolute Gasteiger partial charge is 0.456 e. The van der Waals surface area contributed by atoms with Crippen molar-refractivity contribution >= 4 is 115 Å². The summed E-state index contributed by atoms with van der Waals surface area (Å²) in [5.74, 6) is 0. The average Bonchev–Trinajstić information content (AvgIpc) is 4.17. The first-order chi connectivity index (χ1) is 34.2. The molecule has 5 nitrogen and oxygen atoms in total. The molecule has 0 aliphatic heterocycles. The molecule has 0 bridgehead atoms. The lowest BCUT2D eigenvalue weighted by molar-refractivity contribution is 0.669. The first-order valence-corrected chi connectivity index (χ1v) is 23.4. The number of hydrogen-bond donors (Lipinski definition) is 0. The Bertz CT molecular complexity index is 4440. The molecule has 0 amide bonds. The molecule has 0 fully saturated rings. The van der Waals surface area contributed by atoms with Gasteiger partial charge in [0.2, 0.25) is 0 Å². The molecule has 0 saturated carbocycles. The lowest BCUT2D eigenvalue weighted by Gasteiger charge is -2.25. The van der Waals surface area contributed by atoms with E-state index >= 15 is 0 Å². The van der Waals surface area contributed by atoms with Gasteiger partial charge in [-0.25, -0.2) is 0 Å². The molecular weight excluding hydrogens is 845 g/mol. The van der Waals surface area contributed by atoms with Gasteiger partial charge in [0, 0.05) is 83.4 Å². The summed E-state index contributed by atoms with van der Waals surface area (Å²) >= 11 is 0. The quantitative estimate of drug-likeness (QED) is 0.167. The van der Waals surface area contributed by atoms with E-state index in [9.17, 15) is 0 Å². The molecule has 15 rings (SSSR count). The van der Waals surface area contributed by atoms with Crippen LogP contribution in [0.5, 0.6) is 0 Å². The molecule has 4 heterocycles. The molecule has 322 valence electrons. The van der Waals surface area contributed by atoms with E-state index < -0.39 is 0 Å². The number of para-hydroxylation sites is 4. The third-order valence-corrected chi connectivity index (χ3v) is 14.2. The van der Waals surface area contributed by atoms with Crippen molar-refractivity contribution in [2.45, 2.75) is 0 Å². The molecule has 5 heteroatoms. The molecule has 0 saturated heterocycles. The van der Waals surface area contributed by atoms with Crippen LogP contribution in [0.3, 0.4) is 0 Å². The maximum Gasteiger partial charge on any atom is 0.143 e. The van der Waals surface area contributed by atoms with Gasteiger partial charge in [0.05, 0.1) is 11.0 Å². The van der Waals surface area contributed by atoms with Crippen molar-refractivity contribution < 1.29 is 13.3 Å². The van der Waals surface area contributed by atoms with Crippen LogP contribution in [0.15, 0.2) is 244 Å². The zero-order valence-corrected chi connectivity index (χ0v) is 37.1. The summed E-state index contributed by atoms with van der Waals surface area (Å²) in [5, 5.41) is 11.3. The van der Waals surface area contributed by atoms with Crippen molar-refractivity contribution in [1.29, 1.82) is 0 Å². The van der Waals surface area contributed by atoms with Gasteiger partial charge >= 0.3 is 0 Å². The Balaban J connectivity index is 0.839. The standard InChI is InChI=1S/C64H38N2O3/c1-2-13-44(14-3-1)66-57-32-24-42(34-55(57)56-38-54-43(35-58(56)66)23-29-53-50-17-6-9-20-61(50)69-64(53)54)41-12-10-11-40(33-41)39-21-25-45(26-22-39)65(46-27-30-51-48-15-4-7-18-59(48)67-62(51)36-46)47-28-31-52-49-16-5-8-19-60(49)68-63(52)37-47/h1-38H. The van der Waals surface area contributed by atoms with E-state index in [2.05, 4.69) is 210 Å². The smallest absolute Gasteiger partial charge is 0.143 e. The summed E-state index contributed by atoms with van der Waals surface area (Å²) in [4.78, 5) is 2.28. The summed E-state index contributed by atoms with van der Waals surface area (Å²) in [6.45, 7) is 0. The lowest BCUT2D eigenvalue weighted by atomic mass is 9.97. The maximum atomic E-state index is 6.57. The summed E-state index contributed by atoms with van der Waals surface area (Å²) in [6.07, 6.45) is 0. The number of hydrogen-bond acceptors (Lipinski definition) is 4. The monoisotopic (exact) mass is 882 g/mol. The molecule has 0 aliphatic rings. The molecule has 0 unspecified atom stereocenters. The number of benzene rings is 11. The van der Waals surface area contributed by atoms with E-state index in [0.717, 1.165) is 133 Å². The third kappa shape index (κ3) is 5.84. The Labute approximate surface area is 394 Å². The van der Waals surface area contributed by atoms with Gasteiger partial charge < -0.3 is 22.7 Å². The molecule has 15 aromatic rings. The summed E-state index contributed by atoms with van der Waals surface area (Å²) < 4.78 is 21.8. The third-order valence-electron chi connectivity index (χ3n) is 14.2. The van der Waals surface area contributed by atoms with Crippen molar-refractivity contribution in [3.63, 3.8) is 0 Å². The minimum Gasteiger partial charge on any atom is -0.456 e. The number of aromatic nitrogens is 1.